The predicted molar refractivity (Wildman–Crippen MR) is 102 cm³/mol. The number of rotatable bonds is 7. The average Bonchev–Trinajstić information content (AvgIpc) is 2.71. The maximum atomic E-state index is 12.7. The van der Waals surface area contributed by atoms with Crippen molar-refractivity contribution in [3.05, 3.63) is 65.7 Å². The van der Waals surface area contributed by atoms with Crippen LogP contribution in [0.3, 0.4) is 0 Å². The van der Waals surface area contributed by atoms with Crippen LogP contribution < -0.4 is 4.74 Å². The molecule has 4 nitrogen and oxygen atoms in total. The van der Waals surface area contributed by atoms with Crippen molar-refractivity contribution in [2.75, 3.05) is 19.7 Å². The largest absolute Gasteiger partial charge is 0.489 e. The van der Waals surface area contributed by atoms with Crippen LogP contribution >= 0.6 is 0 Å². The molecule has 26 heavy (non-hydrogen) atoms. The van der Waals surface area contributed by atoms with Crippen molar-refractivity contribution in [2.24, 2.45) is 0 Å². The molecule has 1 unspecified atom stereocenters. The van der Waals surface area contributed by atoms with Gasteiger partial charge in [-0.25, -0.2) is 0 Å². The van der Waals surface area contributed by atoms with E-state index >= 15 is 0 Å². The zero-order chi connectivity index (χ0) is 18.2. The van der Waals surface area contributed by atoms with Crippen molar-refractivity contribution >= 4 is 5.91 Å². The van der Waals surface area contributed by atoms with Gasteiger partial charge in [0.25, 0.3) is 5.91 Å². The first-order valence-corrected chi connectivity index (χ1v) is 9.44. The fourth-order valence-electron chi connectivity index (χ4n) is 3.16. The van der Waals surface area contributed by atoms with Crippen molar-refractivity contribution in [3.8, 4) is 5.75 Å². The van der Waals surface area contributed by atoms with Gasteiger partial charge in [0.1, 0.15) is 12.4 Å². The van der Waals surface area contributed by atoms with Crippen molar-refractivity contribution in [1.82, 2.24) is 4.90 Å². The van der Waals surface area contributed by atoms with Gasteiger partial charge in [-0.1, -0.05) is 37.3 Å². The first-order valence-electron chi connectivity index (χ1n) is 9.44. The molecule has 1 heterocycles. The van der Waals surface area contributed by atoms with Crippen molar-refractivity contribution in [2.45, 2.75) is 38.9 Å². The third-order valence-electron chi connectivity index (χ3n) is 4.57. The molecule has 1 fully saturated rings. The Bertz CT molecular complexity index is 684. The van der Waals surface area contributed by atoms with Crippen LogP contribution in [0.25, 0.3) is 0 Å². The van der Waals surface area contributed by atoms with Crippen molar-refractivity contribution < 1.29 is 14.3 Å². The summed E-state index contributed by atoms with van der Waals surface area (Å²) in [6, 6.07) is 17.5. The maximum absolute atomic E-state index is 12.7. The highest BCUT2D eigenvalue weighted by Crippen LogP contribution is 2.19. The fourth-order valence-corrected chi connectivity index (χ4v) is 3.16. The van der Waals surface area contributed by atoms with E-state index in [-0.39, 0.29) is 12.0 Å². The lowest BCUT2D eigenvalue weighted by Crippen LogP contribution is -2.43. The van der Waals surface area contributed by atoms with Crippen LogP contribution in [0.4, 0.5) is 0 Å². The molecule has 2 aromatic carbocycles. The molecule has 0 radical (unpaired) electrons. The molecule has 0 N–H and O–H groups in total. The smallest absolute Gasteiger partial charge is 0.253 e. The molecule has 2 aromatic rings. The Morgan fingerprint density at radius 3 is 2.62 bits per heavy atom. The molecular weight excluding hydrogens is 326 g/mol. The van der Waals surface area contributed by atoms with Gasteiger partial charge in [0, 0.05) is 25.3 Å². The number of hydrogen-bond donors (Lipinski definition) is 0. The molecule has 1 atom stereocenters. The maximum Gasteiger partial charge on any atom is 0.253 e. The van der Waals surface area contributed by atoms with Gasteiger partial charge in [0.15, 0.2) is 0 Å². The predicted octanol–water partition coefficient (Wildman–Crippen LogP) is 4.30. The molecule has 3 rings (SSSR count). The summed E-state index contributed by atoms with van der Waals surface area (Å²) in [5.74, 6) is 0.845. The minimum absolute atomic E-state index is 0.0735. The minimum atomic E-state index is 0.0735. The number of ether oxygens (including phenoxy) is 2. The Balaban J connectivity index is 1.54. The monoisotopic (exact) mass is 353 g/mol. The van der Waals surface area contributed by atoms with Gasteiger partial charge in [-0.2, -0.15) is 0 Å². The number of carbonyl (C=O) groups excluding carboxylic acids is 1. The Hall–Kier alpha value is -2.33. The summed E-state index contributed by atoms with van der Waals surface area (Å²) in [7, 11) is 0. The number of likely N-dealkylation sites (tertiary alicyclic amines) is 1. The molecule has 1 aliphatic heterocycles. The third kappa shape index (κ3) is 5.09. The van der Waals surface area contributed by atoms with E-state index in [9.17, 15) is 4.79 Å². The van der Waals surface area contributed by atoms with Crippen molar-refractivity contribution in [3.63, 3.8) is 0 Å². The molecule has 0 aliphatic carbocycles. The molecular formula is C22H27NO3. The van der Waals surface area contributed by atoms with Crippen LogP contribution in [0, 0.1) is 0 Å². The first-order chi connectivity index (χ1) is 12.8. The van der Waals surface area contributed by atoms with Crippen molar-refractivity contribution in [1.29, 1.82) is 0 Å². The second-order valence-corrected chi connectivity index (χ2v) is 6.68. The van der Waals surface area contributed by atoms with Crippen LogP contribution in [0.1, 0.15) is 42.1 Å². The average molecular weight is 353 g/mol. The standard InChI is InChI=1S/C22H27NO3/c1-2-15-25-21-9-6-14-23(16-21)22(24)19-10-12-20(13-11-19)26-17-18-7-4-3-5-8-18/h3-5,7-8,10-13,21H,2,6,9,14-17H2,1H3. The fraction of sp³-hybridized carbons (Fsp3) is 0.409. The van der Waals surface area contributed by atoms with Gasteiger partial charge in [0.05, 0.1) is 6.10 Å². The summed E-state index contributed by atoms with van der Waals surface area (Å²) in [4.78, 5) is 14.6. The second-order valence-electron chi connectivity index (χ2n) is 6.68. The number of nitrogens with zero attached hydrogens (tertiary/aromatic N) is 1. The van der Waals surface area contributed by atoms with Gasteiger partial charge in [-0.05, 0) is 49.1 Å². The van der Waals surface area contributed by atoms with Gasteiger partial charge in [-0.3, -0.25) is 4.79 Å². The summed E-state index contributed by atoms with van der Waals surface area (Å²) in [5.41, 5.74) is 1.83. The normalized spacial score (nSPS) is 17.1. The molecule has 4 heteroatoms. The molecule has 1 amide bonds. The lowest BCUT2D eigenvalue weighted by atomic mass is 10.1. The van der Waals surface area contributed by atoms with Gasteiger partial charge in [0.2, 0.25) is 0 Å². The lowest BCUT2D eigenvalue weighted by Gasteiger charge is -2.32. The van der Waals surface area contributed by atoms with Crippen LogP contribution in [0.15, 0.2) is 54.6 Å². The summed E-state index contributed by atoms with van der Waals surface area (Å²) >= 11 is 0. The van der Waals surface area contributed by atoms with E-state index in [1.165, 1.54) is 0 Å². The quantitative estimate of drug-likeness (QED) is 0.745. The Kier molecular flexibility index (Phi) is 6.67. The van der Waals surface area contributed by atoms with Gasteiger partial charge >= 0.3 is 0 Å². The highest BCUT2D eigenvalue weighted by atomic mass is 16.5. The minimum Gasteiger partial charge on any atom is -0.489 e. The second kappa shape index (κ2) is 9.39. The SMILES string of the molecule is CCCOC1CCCN(C(=O)c2ccc(OCc3ccccc3)cc2)C1. The number of hydrogen-bond acceptors (Lipinski definition) is 3. The van der Waals surface area contributed by atoms with Crippen LogP contribution in [-0.4, -0.2) is 36.6 Å². The molecule has 138 valence electrons. The van der Waals surface area contributed by atoms with E-state index in [0.717, 1.165) is 43.7 Å². The highest BCUT2D eigenvalue weighted by Gasteiger charge is 2.24. The zero-order valence-corrected chi connectivity index (χ0v) is 15.4. The topological polar surface area (TPSA) is 38.8 Å². The zero-order valence-electron chi connectivity index (χ0n) is 15.4. The number of piperidine rings is 1. The molecule has 1 saturated heterocycles. The third-order valence-corrected chi connectivity index (χ3v) is 4.57. The van der Waals surface area contributed by atoms with E-state index in [2.05, 4.69) is 6.92 Å². The first kappa shape index (κ1) is 18.5. The molecule has 0 bridgehead atoms. The Labute approximate surface area is 155 Å². The van der Waals surface area contributed by atoms with Crippen LogP contribution in [0.2, 0.25) is 0 Å². The Morgan fingerprint density at radius 1 is 1.12 bits per heavy atom. The summed E-state index contributed by atoms with van der Waals surface area (Å²) < 4.78 is 11.6. The number of benzene rings is 2. The molecule has 0 spiro atoms. The molecule has 0 aromatic heterocycles. The van der Waals surface area contributed by atoms with E-state index in [1.54, 1.807) is 0 Å². The summed E-state index contributed by atoms with van der Waals surface area (Å²) in [6.45, 7) is 4.88. The lowest BCUT2D eigenvalue weighted by molar-refractivity contribution is 0.00211. The van der Waals surface area contributed by atoms with Gasteiger partial charge in [-0.15, -0.1) is 0 Å². The van der Waals surface area contributed by atoms with E-state index in [0.29, 0.717) is 18.7 Å². The van der Waals surface area contributed by atoms with Gasteiger partial charge < -0.3 is 14.4 Å². The van der Waals surface area contributed by atoms with Crippen LogP contribution in [-0.2, 0) is 11.3 Å². The number of carbonyl (C=O) groups is 1. The Morgan fingerprint density at radius 2 is 1.88 bits per heavy atom. The van der Waals surface area contributed by atoms with E-state index in [4.69, 9.17) is 9.47 Å². The summed E-state index contributed by atoms with van der Waals surface area (Å²) in [5, 5.41) is 0. The molecule has 1 aliphatic rings. The summed E-state index contributed by atoms with van der Waals surface area (Å²) in [6.07, 6.45) is 3.21. The van der Waals surface area contributed by atoms with E-state index in [1.807, 2.05) is 59.5 Å². The van der Waals surface area contributed by atoms with E-state index < -0.39 is 0 Å². The van der Waals surface area contributed by atoms with Crippen LogP contribution in [0.5, 0.6) is 5.75 Å². The highest BCUT2D eigenvalue weighted by molar-refractivity contribution is 5.94. The molecule has 0 saturated carbocycles. The number of amides is 1.